The molecule has 2 aromatic rings. The Hall–Kier alpha value is -1.79. The monoisotopic (exact) mass is 348 g/mol. The van der Waals surface area contributed by atoms with Crippen molar-refractivity contribution in [2.75, 3.05) is 19.7 Å². The summed E-state index contributed by atoms with van der Waals surface area (Å²) in [6.07, 6.45) is 2.57. The van der Waals surface area contributed by atoms with Crippen LogP contribution in [0.2, 0.25) is 0 Å². The Bertz CT molecular complexity index is 700. The summed E-state index contributed by atoms with van der Waals surface area (Å²) >= 11 is 1.39. The highest BCUT2D eigenvalue weighted by Crippen LogP contribution is 2.35. The number of rotatable bonds is 4. The summed E-state index contributed by atoms with van der Waals surface area (Å²) in [5.41, 5.74) is 1.20. The molecule has 1 N–H and O–H groups in total. The van der Waals surface area contributed by atoms with Crippen LogP contribution < -0.4 is 0 Å². The van der Waals surface area contributed by atoms with Crippen molar-refractivity contribution in [2.24, 2.45) is 5.41 Å². The maximum atomic E-state index is 13.0. The Balaban J connectivity index is 1.69. The van der Waals surface area contributed by atoms with Gasteiger partial charge in [0.1, 0.15) is 16.5 Å². The first kappa shape index (κ1) is 17.0. The minimum absolute atomic E-state index is 0.0435. The van der Waals surface area contributed by atoms with E-state index >= 15 is 0 Å². The molecular formula is C18H21FN2O2S. The van der Waals surface area contributed by atoms with E-state index < -0.39 is 0 Å². The summed E-state index contributed by atoms with van der Waals surface area (Å²) in [7, 11) is 0. The molecule has 0 atom stereocenters. The molecule has 1 aromatic heterocycles. The second kappa shape index (κ2) is 6.99. The van der Waals surface area contributed by atoms with Crippen molar-refractivity contribution in [3.8, 4) is 10.6 Å². The molecule has 0 saturated carbocycles. The number of nitrogens with zero attached hydrogens (tertiary/aromatic N) is 2. The molecule has 1 saturated heterocycles. The Kier molecular flexibility index (Phi) is 4.96. The molecule has 2 heterocycles. The van der Waals surface area contributed by atoms with Gasteiger partial charge in [-0.25, -0.2) is 9.37 Å². The number of hydrogen-bond donors (Lipinski definition) is 1. The number of aliphatic hydroxyl groups is 1. The number of aliphatic hydroxyl groups excluding tert-OH is 1. The van der Waals surface area contributed by atoms with Crippen molar-refractivity contribution in [2.45, 2.75) is 26.2 Å². The Morgan fingerprint density at radius 2 is 2.00 bits per heavy atom. The molecule has 0 radical (unpaired) electrons. The fourth-order valence-electron chi connectivity index (χ4n) is 3.07. The zero-order valence-electron chi connectivity index (χ0n) is 13.7. The average Bonchev–Trinajstić information content (AvgIpc) is 3.12. The van der Waals surface area contributed by atoms with E-state index in [1.807, 2.05) is 4.90 Å². The molecule has 0 unspecified atom stereocenters. The first-order chi connectivity index (χ1) is 11.6. The van der Waals surface area contributed by atoms with Gasteiger partial charge in [-0.05, 0) is 48.9 Å². The number of hydrogen-bond acceptors (Lipinski definition) is 4. The molecule has 1 amide bonds. The van der Waals surface area contributed by atoms with Crippen molar-refractivity contribution >= 4 is 17.2 Å². The van der Waals surface area contributed by atoms with Crippen LogP contribution in [0, 0.1) is 11.2 Å². The zero-order valence-corrected chi connectivity index (χ0v) is 14.5. The van der Waals surface area contributed by atoms with E-state index in [9.17, 15) is 14.3 Å². The predicted molar refractivity (Wildman–Crippen MR) is 92.5 cm³/mol. The molecular weight excluding hydrogens is 327 g/mol. The normalized spacial score (nSPS) is 17.0. The van der Waals surface area contributed by atoms with Gasteiger partial charge < -0.3 is 10.0 Å². The molecule has 6 heteroatoms. The van der Waals surface area contributed by atoms with Crippen LogP contribution in [0.5, 0.6) is 0 Å². The van der Waals surface area contributed by atoms with Crippen molar-refractivity contribution < 1.29 is 14.3 Å². The zero-order chi connectivity index (χ0) is 17.2. The van der Waals surface area contributed by atoms with Crippen LogP contribution >= 0.6 is 11.3 Å². The van der Waals surface area contributed by atoms with Gasteiger partial charge >= 0.3 is 0 Å². The smallest absolute Gasteiger partial charge is 0.273 e. The first-order valence-corrected chi connectivity index (χ1v) is 9.06. The summed E-state index contributed by atoms with van der Waals surface area (Å²) < 4.78 is 13.0. The van der Waals surface area contributed by atoms with E-state index in [1.165, 1.54) is 23.5 Å². The molecule has 128 valence electrons. The van der Waals surface area contributed by atoms with Crippen LogP contribution in [-0.4, -0.2) is 40.6 Å². The lowest BCUT2D eigenvalue weighted by atomic mass is 9.77. The van der Waals surface area contributed by atoms with Gasteiger partial charge in [0.15, 0.2) is 0 Å². The van der Waals surface area contributed by atoms with Crippen LogP contribution in [0.3, 0.4) is 0 Å². The largest absolute Gasteiger partial charge is 0.396 e. The number of aromatic nitrogens is 1. The molecule has 1 aromatic carbocycles. The third kappa shape index (κ3) is 3.35. The minimum Gasteiger partial charge on any atom is -0.396 e. The summed E-state index contributed by atoms with van der Waals surface area (Å²) in [6.45, 7) is 3.56. The molecule has 1 aliphatic rings. The lowest BCUT2D eigenvalue weighted by Gasteiger charge is -2.40. The quantitative estimate of drug-likeness (QED) is 0.919. The number of likely N-dealkylation sites (tertiary alicyclic amines) is 1. The van der Waals surface area contributed by atoms with Crippen LogP contribution in [0.1, 0.15) is 36.7 Å². The molecule has 1 fully saturated rings. The van der Waals surface area contributed by atoms with Crippen molar-refractivity contribution in [3.63, 3.8) is 0 Å². The number of amides is 1. The van der Waals surface area contributed by atoms with E-state index in [0.29, 0.717) is 23.8 Å². The number of piperidine rings is 1. The van der Waals surface area contributed by atoms with Gasteiger partial charge in [0.05, 0.1) is 0 Å². The summed E-state index contributed by atoms with van der Waals surface area (Å²) in [5.74, 6) is -0.356. The SMILES string of the molecule is CCC1(CO)CCN(C(=O)c2csc(-c3ccc(F)cc3)n2)CC1. The van der Waals surface area contributed by atoms with Crippen molar-refractivity contribution in [1.29, 1.82) is 0 Å². The minimum atomic E-state index is -0.289. The fraction of sp³-hybridized carbons (Fsp3) is 0.444. The summed E-state index contributed by atoms with van der Waals surface area (Å²) in [4.78, 5) is 18.9. The van der Waals surface area contributed by atoms with Gasteiger partial charge in [-0.2, -0.15) is 0 Å². The van der Waals surface area contributed by atoms with Crippen molar-refractivity contribution in [1.82, 2.24) is 9.88 Å². The van der Waals surface area contributed by atoms with Crippen molar-refractivity contribution in [3.05, 3.63) is 41.2 Å². The highest BCUT2D eigenvalue weighted by atomic mass is 32.1. The van der Waals surface area contributed by atoms with Gasteiger partial charge in [0.2, 0.25) is 0 Å². The van der Waals surface area contributed by atoms with Crippen LogP contribution in [0.4, 0.5) is 4.39 Å². The standard InChI is InChI=1S/C18H21FN2O2S/c1-2-18(12-22)7-9-21(10-8-18)17(23)15-11-24-16(20-15)13-3-5-14(19)6-4-13/h3-6,11,22H,2,7-10,12H2,1H3. The van der Waals surface area contributed by atoms with E-state index in [2.05, 4.69) is 11.9 Å². The van der Waals surface area contributed by atoms with E-state index in [0.717, 1.165) is 24.8 Å². The lowest BCUT2D eigenvalue weighted by Crippen LogP contribution is -2.44. The third-order valence-electron chi connectivity index (χ3n) is 5.01. The lowest BCUT2D eigenvalue weighted by molar-refractivity contribution is 0.0335. The van der Waals surface area contributed by atoms with E-state index in [1.54, 1.807) is 17.5 Å². The van der Waals surface area contributed by atoms with E-state index in [-0.39, 0.29) is 23.7 Å². The number of thiazole rings is 1. The predicted octanol–water partition coefficient (Wildman–Crippen LogP) is 3.57. The maximum Gasteiger partial charge on any atom is 0.273 e. The van der Waals surface area contributed by atoms with Crippen LogP contribution in [0.25, 0.3) is 10.6 Å². The fourth-order valence-corrected chi connectivity index (χ4v) is 3.87. The molecule has 4 nitrogen and oxygen atoms in total. The van der Waals surface area contributed by atoms with Gasteiger partial charge in [-0.15, -0.1) is 11.3 Å². The average molecular weight is 348 g/mol. The number of benzene rings is 1. The Morgan fingerprint density at radius 1 is 1.33 bits per heavy atom. The van der Waals surface area contributed by atoms with Gasteiger partial charge in [-0.3, -0.25) is 4.79 Å². The molecule has 0 bridgehead atoms. The van der Waals surface area contributed by atoms with E-state index in [4.69, 9.17) is 0 Å². The second-order valence-electron chi connectivity index (χ2n) is 6.35. The highest BCUT2D eigenvalue weighted by Gasteiger charge is 2.34. The number of halogens is 1. The van der Waals surface area contributed by atoms with Gasteiger partial charge in [0.25, 0.3) is 5.91 Å². The highest BCUT2D eigenvalue weighted by molar-refractivity contribution is 7.13. The van der Waals surface area contributed by atoms with Gasteiger partial charge in [0, 0.05) is 30.6 Å². The summed E-state index contributed by atoms with van der Waals surface area (Å²) in [5, 5.41) is 12.1. The van der Waals surface area contributed by atoms with Gasteiger partial charge in [-0.1, -0.05) is 6.92 Å². The first-order valence-electron chi connectivity index (χ1n) is 8.18. The van der Waals surface area contributed by atoms with Crippen LogP contribution in [0.15, 0.2) is 29.6 Å². The number of carbonyl (C=O) groups excluding carboxylic acids is 1. The van der Waals surface area contributed by atoms with Crippen LogP contribution in [-0.2, 0) is 0 Å². The molecule has 24 heavy (non-hydrogen) atoms. The molecule has 1 aliphatic heterocycles. The second-order valence-corrected chi connectivity index (χ2v) is 7.21. The summed E-state index contributed by atoms with van der Waals surface area (Å²) in [6, 6.07) is 6.12. The topological polar surface area (TPSA) is 53.4 Å². The third-order valence-corrected chi connectivity index (χ3v) is 5.90. The molecule has 0 aliphatic carbocycles. The Morgan fingerprint density at radius 3 is 2.58 bits per heavy atom. The maximum absolute atomic E-state index is 13.0. The molecule has 3 rings (SSSR count). The number of carbonyl (C=O) groups is 1. The molecule has 0 spiro atoms. The Labute approximate surface area is 145 Å².